The van der Waals surface area contributed by atoms with E-state index < -0.39 is 9.84 Å². The quantitative estimate of drug-likeness (QED) is 0.572. The monoisotopic (exact) mass is 237 g/mol. The summed E-state index contributed by atoms with van der Waals surface area (Å²) in [5.41, 5.74) is 0. The summed E-state index contributed by atoms with van der Waals surface area (Å²) in [6.07, 6.45) is 2.38. The van der Waals surface area contributed by atoms with Crippen LogP contribution >= 0.6 is 0 Å². The lowest BCUT2D eigenvalue weighted by molar-refractivity contribution is 0.199. The summed E-state index contributed by atoms with van der Waals surface area (Å²) < 4.78 is 27.5. The summed E-state index contributed by atoms with van der Waals surface area (Å²) >= 11 is 0. The number of hydrogen-bond acceptors (Lipinski definition) is 4. The van der Waals surface area contributed by atoms with Crippen LogP contribution in [0, 0.1) is 0 Å². The van der Waals surface area contributed by atoms with Crippen molar-refractivity contribution in [1.82, 2.24) is 5.32 Å². The Balaban J connectivity index is 3.31. The number of unbranched alkanes of at least 4 members (excludes halogenated alkanes) is 1. The number of sulfone groups is 1. The Morgan fingerprint density at radius 1 is 1.13 bits per heavy atom. The van der Waals surface area contributed by atoms with Crippen molar-refractivity contribution in [2.45, 2.75) is 26.2 Å². The van der Waals surface area contributed by atoms with Crippen molar-refractivity contribution >= 4 is 9.84 Å². The first kappa shape index (κ1) is 14.9. The molecule has 0 aliphatic carbocycles. The molecule has 0 unspecified atom stereocenters. The van der Waals surface area contributed by atoms with Crippen molar-refractivity contribution in [3.63, 3.8) is 0 Å². The van der Waals surface area contributed by atoms with Gasteiger partial charge >= 0.3 is 0 Å². The van der Waals surface area contributed by atoms with E-state index in [4.69, 9.17) is 4.74 Å². The lowest BCUT2D eigenvalue weighted by Gasteiger charge is -2.04. The van der Waals surface area contributed by atoms with Gasteiger partial charge in [0.15, 0.2) is 0 Å². The predicted molar refractivity (Wildman–Crippen MR) is 62.9 cm³/mol. The van der Waals surface area contributed by atoms with Crippen molar-refractivity contribution in [2.75, 3.05) is 38.3 Å². The Kier molecular flexibility index (Phi) is 9.04. The van der Waals surface area contributed by atoms with Gasteiger partial charge in [0.1, 0.15) is 9.84 Å². The number of rotatable bonds is 10. The third-order valence-corrected chi connectivity index (χ3v) is 4.00. The van der Waals surface area contributed by atoms with Crippen LogP contribution in [-0.2, 0) is 14.6 Å². The Bertz CT molecular complexity index is 227. The molecule has 0 aromatic heterocycles. The van der Waals surface area contributed by atoms with E-state index in [1.807, 2.05) is 6.92 Å². The van der Waals surface area contributed by atoms with Crippen LogP contribution in [0.5, 0.6) is 0 Å². The highest BCUT2D eigenvalue weighted by molar-refractivity contribution is 7.91. The van der Waals surface area contributed by atoms with Crippen molar-refractivity contribution in [1.29, 1.82) is 0 Å². The molecule has 0 amide bonds. The van der Waals surface area contributed by atoms with E-state index in [1.165, 1.54) is 0 Å². The SMILES string of the molecule is CCCS(=O)(=O)CCCCNCCOC. The average Bonchev–Trinajstić information content (AvgIpc) is 2.16. The van der Waals surface area contributed by atoms with Crippen LogP contribution in [0.1, 0.15) is 26.2 Å². The fourth-order valence-corrected chi connectivity index (χ4v) is 2.75. The van der Waals surface area contributed by atoms with E-state index in [2.05, 4.69) is 5.32 Å². The minimum absolute atomic E-state index is 0.324. The molecule has 92 valence electrons. The molecular formula is C10H23NO3S. The molecule has 0 aliphatic heterocycles. The Hall–Kier alpha value is -0.130. The normalized spacial score (nSPS) is 11.9. The smallest absolute Gasteiger partial charge is 0.150 e. The Labute approximate surface area is 93.3 Å². The summed E-state index contributed by atoms with van der Waals surface area (Å²) in [6, 6.07) is 0. The molecule has 0 saturated heterocycles. The summed E-state index contributed by atoms with van der Waals surface area (Å²) in [6.45, 7) is 4.29. The minimum Gasteiger partial charge on any atom is -0.383 e. The largest absolute Gasteiger partial charge is 0.383 e. The minimum atomic E-state index is -2.78. The van der Waals surface area contributed by atoms with E-state index in [-0.39, 0.29) is 0 Å². The van der Waals surface area contributed by atoms with Gasteiger partial charge in [-0.05, 0) is 25.8 Å². The first-order chi connectivity index (χ1) is 7.12. The van der Waals surface area contributed by atoms with Crippen molar-refractivity contribution in [3.8, 4) is 0 Å². The summed E-state index contributed by atoms with van der Waals surface area (Å²) in [5.74, 6) is 0.650. The highest BCUT2D eigenvalue weighted by Gasteiger charge is 2.07. The molecule has 0 aromatic rings. The molecule has 0 radical (unpaired) electrons. The van der Waals surface area contributed by atoms with Gasteiger partial charge in [-0.25, -0.2) is 8.42 Å². The van der Waals surface area contributed by atoms with Crippen molar-refractivity contribution in [2.24, 2.45) is 0 Å². The zero-order valence-electron chi connectivity index (χ0n) is 9.79. The second-order valence-corrected chi connectivity index (χ2v) is 5.91. The maximum Gasteiger partial charge on any atom is 0.150 e. The highest BCUT2D eigenvalue weighted by Crippen LogP contribution is 1.98. The molecule has 0 atom stereocenters. The van der Waals surface area contributed by atoms with Crippen LogP contribution in [0.2, 0.25) is 0 Å². The molecule has 1 N–H and O–H groups in total. The number of ether oxygens (including phenoxy) is 1. The van der Waals surface area contributed by atoms with Gasteiger partial charge in [0, 0.05) is 19.4 Å². The zero-order valence-corrected chi connectivity index (χ0v) is 10.6. The maximum atomic E-state index is 11.3. The van der Waals surface area contributed by atoms with Crippen LogP contribution in [-0.4, -0.2) is 46.7 Å². The van der Waals surface area contributed by atoms with E-state index in [1.54, 1.807) is 7.11 Å². The van der Waals surface area contributed by atoms with Gasteiger partial charge < -0.3 is 10.1 Å². The molecule has 0 heterocycles. The standard InChI is InChI=1S/C10H23NO3S/c1-3-9-15(12,13)10-5-4-6-11-7-8-14-2/h11H,3-10H2,1-2H3. The third-order valence-electron chi connectivity index (χ3n) is 2.06. The number of nitrogens with one attached hydrogen (secondary N) is 1. The average molecular weight is 237 g/mol. The number of methoxy groups -OCH3 is 1. The zero-order chi connectivity index (χ0) is 11.6. The number of hydrogen-bond donors (Lipinski definition) is 1. The molecule has 0 aromatic carbocycles. The van der Waals surface area contributed by atoms with E-state index in [9.17, 15) is 8.42 Å². The lowest BCUT2D eigenvalue weighted by Crippen LogP contribution is -2.21. The van der Waals surface area contributed by atoms with Gasteiger partial charge in [0.2, 0.25) is 0 Å². The van der Waals surface area contributed by atoms with Crippen LogP contribution < -0.4 is 5.32 Å². The molecule has 15 heavy (non-hydrogen) atoms. The second kappa shape index (κ2) is 9.12. The van der Waals surface area contributed by atoms with Crippen LogP contribution in [0.15, 0.2) is 0 Å². The molecule has 4 nitrogen and oxygen atoms in total. The van der Waals surface area contributed by atoms with E-state index in [0.717, 1.165) is 25.9 Å². The van der Waals surface area contributed by atoms with Gasteiger partial charge in [0.25, 0.3) is 0 Å². The lowest BCUT2D eigenvalue weighted by atomic mass is 10.3. The van der Waals surface area contributed by atoms with Crippen LogP contribution in [0.3, 0.4) is 0 Å². The molecular weight excluding hydrogens is 214 g/mol. The second-order valence-electron chi connectivity index (χ2n) is 3.60. The fourth-order valence-electron chi connectivity index (χ4n) is 1.28. The molecule has 0 fully saturated rings. The van der Waals surface area contributed by atoms with Crippen molar-refractivity contribution < 1.29 is 13.2 Å². The summed E-state index contributed by atoms with van der Waals surface area (Å²) in [7, 11) is -1.12. The highest BCUT2D eigenvalue weighted by atomic mass is 32.2. The van der Waals surface area contributed by atoms with Gasteiger partial charge in [-0.1, -0.05) is 6.92 Å². The van der Waals surface area contributed by atoms with Crippen LogP contribution in [0.25, 0.3) is 0 Å². The van der Waals surface area contributed by atoms with Gasteiger partial charge in [-0.15, -0.1) is 0 Å². The fraction of sp³-hybridized carbons (Fsp3) is 1.00. The topological polar surface area (TPSA) is 55.4 Å². The third kappa shape index (κ3) is 10.2. The maximum absolute atomic E-state index is 11.3. The Morgan fingerprint density at radius 2 is 1.87 bits per heavy atom. The molecule has 0 saturated carbocycles. The van der Waals surface area contributed by atoms with E-state index >= 15 is 0 Å². The molecule has 0 bridgehead atoms. The summed E-state index contributed by atoms with van der Waals surface area (Å²) in [5, 5.41) is 3.18. The van der Waals surface area contributed by atoms with Gasteiger partial charge in [0.05, 0.1) is 12.4 Å². The molecule has 0 spiro atoms. The molecule has 0 aliphatic rings. The van der Waals surface area contributed by atoms with Crippen molar-refractivity contribution in [3.05, 3.63) is 0 Å². The summed E-state index contributed by atoms with van der Waals surface area (Å²) in [4.78, 5) is 0. The first-order valence-electron chi connectivity index (χ1n) is 5.52. The Morgan fingerprint density at radius 3 is 2.47 bits per heavy atom. The van der Waals surface area contributed by atoms with Crippen LogP contribution in [0.4, 0.5) is 0 Å². The molecule has 5 heteroatoms. The first-order valence-corrected chi connectivity index (χ1v) is 7.34. The molecule has 0 rings (SSSR count). The van der Waals surface area contributed by atoms with Gasteiger partial charge in [-0.3, -0.25) is 0 Å². The van der Waals surface area contributed by atoms with E-state index in [0.29, 0.717) is 24.5 Å². The van der Waals surface area contributed by atoms with Gasteiger partial charge in [-0.2, -0.15) is 0 Å². The predicted octanol–water partition coefficient (Wildman–Crippen LogP) is 0.827.